The van der Waals surface area contributed by atoms with Crippen molar-refractivity contribution < 1.29 is 9.53 Å². The van der Waals surface area contributed by atoms with E-state index in [4.69, 9.17) is 4.74 Å². The van der Waals surface area contributed by atoms with Gasteiger partial charge >= 0.3 is 6.09 Å². The third-order valence-electron chi connectivity index (χ3n) is 6.18. The maximum Gasteiger partial charge on any atom is 0.410 e. The zero-order chi connectivity index (χ0) is 17.8. The molecule has 26 heavy (non-hydrogen) atoms. The zero-order valence-electron chi connectivity index (χ0n) is 15.7. The van der Waals surface area contributed by atoms with Gasteiger partial charge in [-0.3, -0.25) is 4.90 Å². The van der Waals surface area contributed by atoms with Crippen LogP contribution in [0.5, 0.6) is 0 Å². The number of benzene rings is 1. The van der Waals surface area contributed by atoms with E-state index in [2.05, 4.69) is 40.1 Å². The number of amides is 1. The lowest BCUT2D eigenvalue weighted by Crippen LogP contribution is -2.47. The van der Waals surface area contributed by atoms with E-state index in [1.54, 1.807) is 0 Å². The molecule has 1 unspecified atom stereocenters. The fraction of sp³-hybridized carbons (Fsp3) is 0.667. The summed E-state index contributed by atoms with van der Waals surface area (Å²) in [6.07, 6.45) is 7.10. The van der Waals surface area contributed by atoms with Crippen LogP contribution in [-0.2, 0) is 4.74 Å². The van der Waals surface area contributed by atoms with Crippen molar-refractivity contribution in [1.82, 2.24) is 9.80 Å². The van der Waals surface area contributed by atoms with Crippen molar-refractivity contribution in [2.45, 2.75) is 50.7 Å². The minimum Gasteiger partial charge on any atom is -0.444 e. The first-order chi connectivity index (χ1) is 12.8. The van der Waals surface area contributed by atoms with Crippen molar-refractivity contribution >= 4 is 11.8 Å². The lowest BCUT2D eigenvalue weighted by Gasteiger charge is -2.36. The number of para-hydroxylation sites is 1. The van der Waals surface area contributed by atoms with E-state index in [1.165, 1.54) is 24.9 Å². The summed E-state index contributed by atoms with van der Waals surface area (Å²) in [5, 5.41) is 0. The Kier molecular flexibility index (Phi) is 5.63. The number of carbonyl (C=O) groups is 1. The standard InChI is InChI=1S/C21H31N3O2/c25-21-24(19-9-5-2-6-10-19)17-20(26-21)11-12-22-13-15-23(16-14-22)18-7-3-1-4-8-18/h1,3-4,7-8,19-20H,2,5-6,9-17H2. The molecule has 5 heteroatoms. The molecule has 1 aromatic rings. The summed E-state index contributed by atoms with van der Waals surface area (Å²) in [5.74, 6) is 0. The van der Waals surface area contributed by atoms with Crippen molar-refractivity contribution in [3.8, 4) is 0 Å². The fourth-order valence-electron chi connectivity index (χ4n) is 4.58. The van der Waals surface area contributed by atoms with E-state index in [1.807, 2.05) is 4.90 Å². The van der Waals surface area contributed by atoms with Crippen LogP contribution in [0.15, 0.2) is 30.3 Å². The van der Waals surface area contributed by atoms with Crippen LogP contribution in [0.4, 0.5) is 10.5 Å². The molecule has 1 amide bonds. The Morgan fingerprint density at radius 3 is 2.42 bits per heavy atom. The predicted molar refractivity (Wildman–Crippen MR) is 104 cm³/mol. The minimum atomic E-state index is -0.0733. The van der Waals surface area contributed by atoms with Gasteiger partial charge in [-0.1, -0.05) is 37.5 Å². The van der Waals surface area contributed by atoms with Crippen LogP contribution in [0, 0.1) is 0 Å². The summed E-state index contributed by atoms with van der Waals surface area (Å²) < 4.78 is 5.66. The summed E-state index contributed by atoms with van der Waals surface area (Å²) in [7, 11) is 0. The number of carbonyl (C=O) groups excluding carboxylic acids is 1. The Morgan fingerprint density at radius 1 is 0.962 bits per heavy atom. The van der Waals surface area contributed by atoms with Gasteiger partial charge in [0.2, 0.25) is 0 Å². The number of anilines is 1. The highest BCUT2D eigenvalue weighted by atomic mass is 16.6. The van der Waals surface area contributed by atoms with Crippen LogP contribution in [0.1, 0.15) is 38.5 Å². The highest BCUT2D eigenvalue weighted by molar-refractivity contribution is 5.70. The van der Waals surface area contributed by atoms with Crippen LogP contribution in [0.3, 0.4) is 0 Å². The Morgan fingerprint density at radius 2 is 1.69 bits per heavy atom. The van der Waals surface area contributed by atoms with Gasteiger partial charge in [0, 0.05) is 44.5 Å². The number of ether oxygens (including phenoxy) is 1. The average molecular weight is 357 g/mol. The summed E-state index contributed by atoms with van der Waals surface area (Å²) >= 11 is 0. The molecule has 142 valence electrons. The Hall–Kier alpha value is -1.75. The van der Waals surface area contributed by atoms with Crippen LogP contribution in [0.25, 0.3) is 0 Å². The first-order valence-corrected chi connectivity index (χ1v) is 10.3. The number of hydrogen-bond donors (Lipinski definition) is 0. The van der Waals surface area contributed by atoms with E-state index in [0.717, 1.165) is 58.5 Å². The normalized spacial score (nSPS) is 25.5. The summed E-state index contributed by atoms with van der Waals surface area (Å²) in [6, 6.07) is 11.1. The van der Waals surface area contributed by atoms with Gasteiger partial charge in [-0.2, -0.15) is 0 Å². The summed E-state index contributed by atoms with van der Waals surface area (Å²) in [4.78, 5) is 19.2. The molecular weight excluding hydrogens is 326 g/mol. The van der Waals surface area contributed by atoms with Crippen LogP contribution < -0.4 is 4.90 Å². The van der Waals surface area contributed by atoms with Gasteiger partial charge in [0.1, 0.15) is 6.10 Å². The van der Waals surface area contributed by atoms with Crippen molar-refractivity contribution in [2.24, 2.45) is 0 Å². The molecule has 0 radical (unpaired) electrons. The molecule has 0 spiro atoms. The highest BCUT2D eigenvalue weighted by Gasteiger charge is 2.36. The lowest BCUT2D eigenvalue weighted by molar-refractivity contribution is 0.115. The maximum atomic E-state index is 12.2. The van der Waals surface area contributed by atoms with Gasteiger partial charge in [0.25, 0.3) is 0 Å². The van der Waals surface area contributed by atoms with Gasteiger partial charge < -0.3 is 14.5 Å². The smallest absolute Gasteiger partial charge is 0.410 e. The first kappa shape index (κ1) is 17.7. The second-order valence-corrected chi connectivity index (χ2v) is 7.90. The minimum absolute atomic E-state index is 0.0733. The molecular formula is C21H31N3O2. The number of piperazine rings is 1. The van der Waals surface area contributed by atoms with Crippen molar-refractivity contribution in [2.75, 3.05) is 44.2 Å². The molecule has 5 nitrogen and oxygen atoms in total. The van der Waals surface area contributed by atoms with Crippen LogP contribution >= 0.6 is 0 Å². The zero-order valence-corrected chi connectivity index (χ0v) is 15.7. The molecule has 3 fully saturated rings. The molecule has 1 aromatic carbocycles. The van der Waals surface area contributed by atoms with Gasteiger partial charge in [0.05, 0.1) is 6.54 Å². The largest absolute Gasteiger partial charge is 0.444 e. The molecule has 0 N–H and O–H groups in total. The van der Waals surface area contributed by atoms with E-state index in [-0.39, 0.29) is 12.2 Å². The van der Waals surface area contributed by atoms with Crippen LogP contribution in [-0.4, -0.2) is 67.3 Å². The van der Waals surface area contributed by atoms with E-state index in [0.29, 0.717) is 6.04 Å². The molecule has 0 aromatic heterocycles. The molecule has 2 heterocycles. The molecule has 2 saturated heterocycles. The second-order valence-electron chi connectivity index (χ2n) is 7.90. The number of rotatable bonds is 5. The molecule has 0 bridgehead atoms. The molecule has 4 rings (SSSR count). The Labute approximate surface area is 156 Å². The van der Waals surface area contributed by atoms with E-state index < -0.39 is 0 Å². The summed E-state index contributed by atoms with van der Waals surface area (Å²) in [5.41, 5.74) is 1.32. The van der Waals surface area contributed by atoms with Gasteiger partial charge in [-0.05, 0) is 31.4 Å². The van der Waals surface area contributed by atoms with Gasteiger partial charge in [0.15, 0.2) is 0 Å². The van der Waals surface area contributed by atoms with E-state index >= 15 is 0 Å². The fourth-order valence-corrected chi connectivity index (χ4v) is 4.58. The SMILES string of the molecule is O=C1OC(CCN2CCN(c3ccccc3)CC2)CN1C1CCCCC1. The monoisotopic (exact) mass is 357 g/mol. The molecule has 2 aliphatic heterocycles. The van der Waals surface area contributed by atoms with Gasteiger partial charge in [-0.15, -0.1) is 0 Å². The molecule has 1 saturated carbocycles. The maximum absolute atomic E-state index is 12.2. The average Bonchev–Trinajstić information content (AvgIpc) is 3.09. The van der Waals surface area contributed by atoms with Crippen LogP contribution in [0.2, 0.25) is 0 Å². The molecule has 1 aliphatic carbocycles. The summed E-state index contributed by atoms with van der Waals surface area (Å²) in [6.45, 7) is 6.14. The third-order valence-corrected chi connectivity index (χ3v) is 6.18. The quantitative estimate of drug-likeness (QED) is 0.810. The Balaban J connectivity index is 1.20. The predicted octanol–water partition coefficient (Wildman–Crippen LogP) is 3.35. The molecule has 1 atom stereocenters. The lowest BCUT2D eigenvalue weighted by atomic mass is 9.94. The highest BCUT2D eigenvalue weighted by Crippen LogP contribution is 2.27. The third kappa shape index (κ3) is 4.14. The van der Waals surface area contributed by atoms with Gasteiger partial charge in [-0.25, -0.2) is 4.79 Å². The van der Waals surface area contributed by atoms with Crippen molar-refractivity contribution in [3.05, 3.63) is 30.3 Å². The first-order valence-electron chi connectivity index (χ1n) is 10.3. The Bertz CT molecular complexity index is 580. The van der Waals surface area contributed by atoms with Crippen molar-refractivity contribution in [3.63, 3.8) is 0 Å². The molecule has 3 aliphatic rings. The van der Waals surface area contributed by atoms with E-state index in [9.17, 15) is 4.79 Å². The number of hydrogen-bond acceptors (Lipinski definition) is 4. The second kappa shape index (κ2) is 8.30. The number of cyclic esters (lactones) is 1. The number of nitrogens with zero attached hydrogens (tertiary/aromatic N) is 3. The van der Waals surface area contributed by atoms with Crippen molar-refractivity contribution in [1.29, 1.82) is 0 Å². The topological polar surface area (TPSA) is 36.0 Å².